The van der Waals surface area contributed by atoms with Crippen LogP contribution >= 0.6 is 0 Å². The van der Waals surface area contributed by atoms with Crippen LogP contribution in [0.4, 0.5) is 0 Å². The second-order valence-electron chi connectivity index (χ2n) is 9.72. The molecule has 31 heavy (non-hydrogen) atoms. The number of phenols is 1. The minimum Gasteiger partial charge on any atom is -0.508 e. The van der Waals surface area contributed by atoms with Crippen molar-refractivity contribution in [3.8, 4) is 16.9 Å². The van der Waals surface area contributed by atoms with Crippen molar-refractivity contribution in [1.82, 2.24) is 0 Å². The van der Waals surface area contributed by atoms with Gasteiger partial charge in [-0.15, -0.1) is 0 Å². The molecule has 0 radical (unpaired) electrons. The summed E-state index contributed by atoms with van der Waals surface area (Å²) in [5, 5.41) is 19.8. The molecule has 0 saturated heterocycles. The Kier molecular flexibility index (Phi) is 3.65. The van der Waals surface area contributed by atoms with E-state index < -0.39 is 0 Å². The van der Waals surface area contributed by atoms with Gasteiger partial charge in [0.2, 0.25) is 0 Å². The molecule has 6 rings (SSSR count). The Morgan fingerprint density at radius 2 is 0.935 bits per heavy atom. The number of hydrogen-bond donors (Lipinski definition) is 1. The summed E-state index contributed by atoms with van der Waals surface area (Å²) < 4.78 is 0. The van der Waals surface area contributed by atoms with Gasteiger partial charge < -0.3 is 5.11 Å². The predicted molar refractivity (Wildman–Crippen MR) is 133 cm³/mol. The van der Waals surface area contributed by atoms with Gasteiger partial charge in [-0.05, 0) is 95.5 Å². The molecular weight excluding hydrogens is 376 g/mol. The van der Waals surface area contributed by atoms with Crippen LogP contribution < -0.4 is 0 Å². The molecule has 0 aliphatic rings. The topological polar surface area (TPSA) is 20.2 Å². The largest absolute Gasteiger partial charge is 0.508 e. The molecule has 0 bridgehead atoms. The second kappa shape index (κ2) is 6.21. The first kappa shape index (κ1) is 18.2. The number of aromatic hydroxyl groups is 1. The van der Waals surface area contributed by atoms with Crippen molar-refractivity contribution in [3.05, 3.63) is 90.5 Å². The molecule has 0 unspecified atom stereocenters. The van der Waals surface area contributed by atoms with Gasteiger partial charge >= 0.3 is 0 Å². The first-order valence-electron chi connectivity index (χ1n) is 10.8. The number of benzene rings is 6. The van der Waals surface area contributed by atoms with Crippen molar-refractivity contribution in [2.45, 2.75) is 26.2 Å². The van der Waals surface area contributed by atoms with Crippen molar-refractivity contribution in [1.29, 1.82) is 0 Å². The number of fused-ring (bicyclic) bond motifs is 1. The van der Waals surface area contributed by atoms with E-state index in [9.17, 15) is 5.11 Å². The van der Waals surface area contributed by atoms with Crippen molar-refractivity contribution in [2.75, 3.05) is 0 Å². The molecule has 0 saturated carbocycles. The third-order valence-electron chi connectivity index (χ3n) is 6.56. The fourth-order valence-electron chi connectivity index (χ4n) is 4.85. The molecule has 6 aromatic rings. The molecule has 0 aromatic heterocycles. The molecular formula is C30H24O. The Balaban J connectivity index is 1.60. The van der Waals surface area contributed by atoms with Gasteiger partial charge in [-0.1, -0.05) is 75.4 Å². The molecule has 1 nitrogen and oxygen atoms in total. The average molecular weight is 401 g/mol. The van der Waals surface area contributed by atoms with Gasteiger partial charge in [0.05, 0.1) is 0 Å². The molecule has 6 aromatic carbocycles. The van der Waals surface area contributed by atoms with Crippen LogP contribution in [-0.2, 0) is 5.41 Å². The minimum atomic E-state index is 0.129. The predicted octanol–water partition coefficient (Wildman–Crippen LogP) is 8.41. The zero-order valence-corrected chi connectivity index (χ0v) is 18.0. The summed E-state index contributed by atoms with van der Waals surface area (Å²) in [6, 6.07) is 30.4. The molecule has 0 fully saturated rings. The Hall–Kier alpha value is -3.58. The van der Waals surface area contributed by atoms with Gasteiger partial charge in [0.1, 0.15) is 5.75 Å². The zero-order chi connectivity index (χ0) is 21.3. The standard InChI is InChI=1S/C30H24O/c1-30(2,3)26-15-23-8-6-21-13-25(14-22-7-9-24(16-26)29(23)28(21)22)19-4-5-20-17-27(31)11-10-18(20)12-19/h4-17,31H,1-3H3. The monoisotopic (exact) mass is 400 g/mol. The van der Waals surface area contributed by atoms with Crippen LogP contribution in [-0.4, -0.2) is 5.11 Å². The van der Waals surface area contributed by atoms with E-state index in [1.54, 1.807) is 6.07 Å². The molecule has 150 valence electrons. The van der Waals surface area contributed by atoms with Crippen LogP contribution in [0.5, 0.6) is 5.75 Å². The summed E-state index contributed by atoms with van der Waals surface area (Å²) in [6.45, 7) is 6.82. The number of phenolic OH excluding ortho intramolecular Hbond substituents is 1. The summed E-state index contributed by atoms with van der Waals surface area (Å²) >= 11 is 0. The Labute approximate surface area is 181 Å². The first-order valence-corrected chi connectivity index (χ1v) is 10.8. The van der Waals surface area contributed by atoms with Gasteiger partial charge in [0.25, 0.3) is 0 Å². The summed E-state index contributed by atoms with van der Waals surface area (Å²) in [6.07, 6.45) is 0. The van der Waals surface area contributed by atoms with E-state index in [1.807, 2.05) is 12.1 Å². The molecule has 0 aliphatic heterocycles. The SMILES string of the molecule is CC(C)(C)c1cc2ccc3cc(-c4ccc5cc(O)ccc5c4)cc4ccc(c1)c2c34. The lowest BCUT2D eigenvalue weighted by Crippen LogP contribution is -2.10. The lowest BCUT2D eigenvalue weighted by Gasteiger charge is -2.21. The van der Waals surface area contributed by atoms with E-state index in [2.05, 4.69) is 87.5 Å². The maximum atomic E-state index is 9.75. The van der Waals surface area contributed by atoms with Gasteiger partial charge in [-0.25, -0.2) is 0 Å². The third kappa shape index (κ3) is 2.84. The number of rotatable bonds is 1. The lowest BCUT2D eigenvalue weighted by atomic mass is 9.83. The molecule has 0 heterocycles. The maximum Gasteiger partial charge on any atom is 0.116 e. The summed E-state index contributed by atoms with van der Waals surface area (Å²) in [5.74, 6) is 0.304. The third-order valence-corrected chi connectivity index (χ3v) is 6.56. The first-order chi connectivity index (χ1) is 14.9. The van der Waals surface area contributed by atoms with Crippen LogP contribution in [0.1, 0.15) is 26.3 Å². The average Bonchev–Trinajstić information content (AvgIpc) is 2.76. The highest BCUT2D eigenvalue weighted by molar-refractivity contribution is 6.24. The van der Waals surface area contributed by atoms with Gasteiger partial charge in [-0.3, -0.25) is 0 Å². The quantitative estimate of drug-likeness (QED) is 0.275. The fourth-order valence-corrected chi connectivity index (χ4v) is 4.85. The van der Waals surface area contributed by atoms with Crippen LogP contribution in [0.2, 0.25) is 0 Å². The summed E-state index contributed by atoms with van der Waals surface area (Å²) in [7, 11) is 0. The van der Waals surface area contributed by atoms with Crippen LogP contribution in [0.25, 0.3) is 54.2 Å². The van der Waals surface area contributed by atoms with E-state index in [1.165, 1.54) is 49.0 Å². The van der Waals surface area contributed by atoms with Crippen molar-refractivity contribution in [2.24, 2.45) is 0 Å². The van der Waals surface area contributed by atoms with E-state index in [4.69, 9.17) is 0 Å². The molecule has 1 N–H and O–H groups in total. The van der Waals surface area contributed by atoms with Gasteiger partial charge in [0, 0.05) is 0 Å². The second-order valence-corrected chi connectivity index (χ2v) is 9.72. The number of hydrogen-bond acceptors (Lipinski definition) is 1. The Morgan fingerprint density at radius 1 is 0.484 bits per heavy atom. The van der Waals surface area contributed by atoms with Crippen molar-refractivity contribution >= 4 is 43.1 Å². The smallest absolute Gasteiger partial charge is 0.116 e. The highest BCUT2D eigenvalue weighted by Crippen LogP contribution is 2.40. The maximum absolute atomic E-state index is 9.75. The Bertz CT molecular complexity index is 1550. The van der Waals surface area contributed by atoms with Crippen molar-refractivity contribution in [3.63, 3.8) is 0 Å². The van der Waals surface area contributed by atoms with Crippen LogP contribution in [0.3, 0.4) is 0 Å². The van der Waals surface area contributed by atoms with Crippen molar-refractivity contribution < 1.29 is 5.11 Å². The highest BCUT2D eigenvalue weighted by Gasteiger charge is 2.17. The molecule has 0 aliphatic carbocycles. The van der Waals surface area contributed by atoms with E-state index in [0.717, 1.165) is 10.8 Å². The minimum absolute atomic E-state index is 0.129. The van der Waals surface area contributed by atoms with Crippen LogP contribution in [0, 0.1) is 0 Å². The van der Waals surface area contributed by atoms with E-state index in [0.29, 0.717) is 5.75 Å². The molecule has 0 atom stereocenters. The molecule has 0 spiro atoms. The van der Waals surface area contributed by atoms with Crippen LogP contribution in [0.15, 0.2) is 84.9 Å². The Morgan fingerprint density at radius 3 is 1.52 bits per heavy atom. The van der Waals surface area contributed by atoms with E-state index >= 15 is 0 Å². The summed E-state index contributed by atoms with van der Waals surface area (Å²) in [5.41, 5.74) is 3.92. The zero-order valence-electron chi connectivity index (χ0n) is 18.0. The van der Waals surface area contributed by atoms with Gasteiger partial charge in [0.15, 0.2) is 0 Å². The summed E-state index contributed by atoms with van der Waals surface area (Å²) in [4.78, 5) is 0. The lowest BCUT2D eigenvalue weighted by molar-refractivity contribution is 0.476. The molecule has 0 amide bonds. The van der Waals surface area contributed by atoms with Gasteiger partial charge in [-0.2, -0.15) is 0 Å². The van der Waals surface area contributed by atoms with E-state index in [-0.39, 0.29) is 5.41 Å². The fraction of sp³-hybridized carbons (Fsp3) is 0.133. The molecule has 1 heteroatoms. The highest BCUT2D eigenvalue weighted by atomic mass is 16.3. The normalized spacial score (nSPS) is 12.5.